The first-order valence-corrected chi connectivity index (χ1v) is 7.09. The summed E-state index contributed by atoms with van der Waals surface area (Å²) in [5.74, 6) is 1.35. The molecule has 0 aromatic carbocycles. The van der Waals surface area contributed by atoms with Crippen molar-refractivity contribution in [3.8, 4) is 0 Å². The minimum Gasteiger partial charge on any atom is -0.372 e. The number of halogens is 2. The molecule has 6 heteroatoms. The van der Waals surface area contributed by atoms with Crippen molar-refractivity contribution in [3.63, 3.8) is 0 Å². The largest absolute Gasteiger partial charge is 0.372 e. The van der Waals surface area contributed by atoms with Crippen LogP contribution in [-0.2, 0) is 6.54 Å². The number of rotatable bonds is 5. The summed E-state index contributed by atoms with van der Waals surface area (Å²) < 4.78 is 0. The summed E-state index contributed by atoms with van der Waals surface area (Å²) in [6.45, 7) is 3.57. The number of aromatic nitrogens is 2. The molecule has 0 radical (unpaired) electrons. The number of nitrogens with zero attached hydrogens (tertiary/aromatic N) is 3. The van der Waals surface area contributed by atoms with Gasteiger partial charge in [-0.2, -0.15) is 0 Å². The Morgan fingerprint density at radius 3 is 2.50 bits per heavy atom. The average Bonchev–Trinajstić information content (AvgIpc) is 2.46. The van der Waals surface area contributed by atoms with Gasteiger partial charge in [-0.1, -0.05) is 23.2 Å². The molecule has 0 spiro atoms. The summed E-state index contributed by atoms with van der Waals surface area (Å²) in [6.07, 6.45) is 3.55. The van der Waals surface area contributed by atoms with E-state index in [9.17, 15) is 0 Å². The van der Waals surface area contributed by atoms with Crippen LogP contribution in [0.2, 0.25) is 10.0 Å². The molecule has 0 bridgehead atoms. The van der Waals surface area contributed by atoms with Gasteiger partial charge in [-0.3, -0.25) is 4.98 Å². The van der Waals surface area contributed by atoms with Gasteiger partial charge in [0.05, 0.1) is 10.0 Å². The number of hydrogen-bond acceptors (Lipinski definition) is 4. The second-order valence-electron chi connectivity index (χ2n) is 4.24. The van der Waals surface area contributed by atoms with Gasteiger partial charge in [0.25, 0.3) is 0 Å². The van der Waals surface area contributed by atoms with E-state index in [0.717, 1.165) is 24.5 Å². The lowest BCUT2D eigenvalue weighted by Crippen LogP contribution is -2.23. The standard InChI is InChI=1S/C14H16Cl2N4/c1-3-20(9-10-4-6-18-7-5-10)14-12(16)8-11(15)13(17-2)19-14/h4-8H,3,9H2,1-2H3,(H,17,19). The molecule has 0 amide bonds. The minimum atomic E-state index is 0.515. The maximum atomic E-state index is 6.27. The van der Waals surface area contributed by atoms with Crippen molar-refractivity contribution < 1.29 is 0 Å². The fourth-order valence-electron chi connectivity index (χ4n) is 1.90. The minimum absolute atomic E-state index is 0.515. The Hall–Kier alpha value is -1.52. The molecule has 106 valence electrons. The van der Waals surface area contributed by atoms with Crippen molar-refractivity contribution >= 4 is 34.8 Å². The van der Waals surface area contributed by atoms with E-state index in [1.807, 2.05) is 12.1 Å². The van der Waals surface area contributed by atoms with E-state index in [1.54, 1.807) is 25.5 Å². The fourth-order valence-corrected chi connectivity index (χ4v) is 2.47. The summed E-state index contributed by atoms with van der Waals surface area (Å²) in [4.78, 5) is 10.6. The predicted octanol–water partition coefficient (Wildman–Crippen LogP) is 3.85. The zero-order valence-electron chi connectivity index (χ0n) is 11.4. The lowest BCUT2D eigenvalue weighted by molar-refractivity contribution is 0.813. The number of anilines is 2. The molecular formula is C14H16Cl2N4. The summed E-state index contributed by atoms with van der Waals surface area (Å²) >= 11 is 12.3. The smallest absolute Gasteiger partial charge is 0.150 e. The fraction of sp³-hybridized carbons (Fsp3) is 0.286. The van der Waals surface area contributed by atoms with Gasteiger partial charge in [0.15, 0.2) is 0 Å². The molecule has 0 fully saturated rings. The van der Waals surface area contributed by atoms with Crippen molar-refractivity contribution in [2.45, 2.75) is 13.5 Å². The highest BCUT2D eigenvalue weighted by Gasteiger charge is 2.14. The third-order valence-corrected chi connectivity index (χ3v) is 3.52. The van der Waals surface area contributed by atoms with Crippen molar-refractivity contribution in [1.82, 2.24) is 9.97 Å². The molecule has 20 heavy (non-hydrogen) atoms. The van der Waals surface area contributed by atoms with Gasteiger partial charge < -0.3 is 10.2 Å². The molecule has 2 aromatic heterocycles. The van der Waals surface area contributed by atoms with E-state index in [4.69, 9.17) is 23.2 Å². The predicted molar refractivity (Wildman–Crippen MR) is 84.8 cm³/mol. The summed E-state index contributed by atoms with van der Waals surface area (Å²) in [6, 6.07) is 5.67. The first kappa shape index (κ1) is 14.9. The lowest BCUT2D eigenvalue weighted by Gasteiger charge is -2.24. The maximum Gasteiger partial charge on any atom is 0.150 e. The quantitative estimate of drug-likeness (QED) is 0.910. The molecule has 0 aliphatic rings. The summed E-state index contributed by atoms with van der Waals surface area (Å²) in [5.41, 5.74) is 1.15. The molecule has 4 nitrogen and oxygen atoms in total. The van der Waals surface area contributed by atoms with Crippen LogP contribution in [0.1, 0.15) is 12.5 Å². The first-order valence-electron chi connectivity index (χ1n) is 6.33. The van der Waals surface area contributed by atoms with E-state index in [0.29, 0.717) is 15.9 Å². The van der Waals surface area contributed by atoms with Gasteiger partial charge in [0.1, 0.15) is 11.6 Å². The SMILES string of the molecule is CCN(Cc1ccncc1)c1nc(NC)c(Cl)cc1Cl. The number of pyridine rings is 2. The van der Waals surface area contributed by atoms with Crippen LogP contribution >= 0.6 is 23.2 Å². The highest BCUT2D eigenvalue weighted by molar-refractivity contribution is 6.37. The van der Waals surface area contributed by atoms with E-state index >= 15 is 0 Å². The van der Waals surface area contributed by atoms with E-state index in [-0.39, 0.29) is 0 Å². The van der Waals surface area contributed by atoms with Crippen molar-refractivity contribution in [2.75, 3.05) is 23.8 Å². The third kappa shape index (κ3) is 3.32. The molecule has 0 saturated heterocycles. The Labute approximate surface area is 128 Å². The van der Waals surface area contributed by atoms with Crippen LogP contribution in [0.25, 0.3) is 0 Å². The molecular weight excluding hydrogens is 295 g/mol. The Morgan fingerprint density at radius 1 is 1.20 bits per heavy atom. The third-order valence-electron chi connectivity index (χ3n) is 2.95. The normalized spacial score (nSPS) is 10.4. The molecule has 0 saturated carbocycles. The van der Waals surface area contributed by atoms with Crippen molar-refractivity contribution in [3.05, 3.63) is 46.2 Å². The first-order chi connectivity index (χ1) is 9.65. The topological polar surface area (TPSA) is 41.1 Å². The van der Waals surface area contributed by atoms with Gasteiger partial charge in [-0.25, -0.2) is 4.98 Å². The molecule has 2 rings (SSSR count). The maximum absolute atomic E-state index is 6.27. The van der Waals surface area contributed by atoms with Crippen molar-refractivity contribution in [2.24, 2.45) is 0 Å². The summed E-state index contributed by atoms with van der Waals surface area (Å²) in [7, 11) is 1.78. The molecule has 0 unspecified atom stereocenters. The second-order valence-corrected chi connectivity index (χ2v) is 5.06. The van der Waals surface area contributed by atoms with Crippen molar-refractivity contribution in [1.29, 1.82) is 0 Å². The van der Waals surface area contributed by atoms with Gasteiger partial charge in [-0.15, -0.1) is 0 Å². The van der Waals surface area contributed by atoms with E-state index in [2.05, 4.69) is 27.1 Å². The monoisotopic (exact) mass is 310 g/mol. The van der Waals surface area contributed by atoms with Gasteiger partial charge in [0.2, 0.25) is 0 Å². The molecule has 0 aliphatic heterocycles. The van der Waals surface area contributed by atoms with Gasteiger partial charge in [-0.05, 0) is 30.7 Å². The molecule has 2 aromatic rings. The van der Waals surface area contributed by atoms with Crippen LogP contribution in [0.3, 0.4) is 0 Å². The zero-order valence-corrected chi connectivity index (χ0v) is 12.9. The number of hydrogen-bond donors (Lipinski definition) is 1. The van der Waals surface area contributed by atoms with Crippen LogP contribution in [-0.4, -0.2) is 23.6 Å². The Balaban J connectivity index is 2.32. The van der Waals surface area contributed by atoms with Crippen LogP contribution in [0.4, 0.5) is 11.6 Å². The summed E-state index contributed by atoms with van der Waals surface area (Å²) in [5, 5.41) is 4.03. The molecule has 1 N–H and O–H groups in total. The molecule has 0 atom stereocenters. The highest BCUT2D eigenvalue weighted by atomic mass is 35.5. The van der Waals surface area contributed by atoms with Crippen LogP contribution in [0.15, 0.2) is 30.6 Å². The Kier molecular flexibility index (Phi) is 5.04. The van der Waals surface area contributed by atoms with E-state index < -0.39 is 0 Å². The van der Waals surface area contributed by atoms with Crippen LogP contribution < -0.4 is 10.2 Å². The van der Waals surface area contributed by atoms with Gasteiger partial charge >= 0.3 is 0 Å². The van der Waals surface area contributed by atoms with Crippen LogP contribution in [0, 0.1) is 0 Å². The number of nitrogens with one attached hydrogen (secondary N) is 1. The zero-order chi connectivity index (χ0) is 14.5. The van der Waals surface area contributed by atoms with Gasteiger partial charge in [0, 0.05) is 32.5 Å². The highest BCUT2D eigenvalue weighted by Crippen LogP contribution is 2.31. The van der Waals surface area contributed by atoms with Crippen LogP contribution in [0.5, 0.6) is 0 Å². The lowest BCUT2D eigenvalue weighted by atomic mass is 10.2. The average molecular weight is 311 g/mol. The Bertz CT molecular complexity index is 575. The Morgan fingerprint density at radius 2 is 1.90 bits per heavy atom. The van der Waals surface area contributed by atoms with E-state index in [1.165, 1.54) is 0 Å². The second kappa shape index (κ2) is 6.77. The molecule has 2 heterocycles. The molecule has 0 aliphatic carbocycles.